The number of aliphatic hydroxyl groups is 7. The van der Waals surface area contributed by atoms with Gasteiger partial charge < -0.3 is 82.5 Å². The first kappa shape index (κ1) is 38.9. The van der Waals surface area contributed by atoms with Gasteiger partial charge in [-0.05, 0) is 20.4 Å². The summed E-state index contributed by atoms with van der Waals surface area (Å²) in [5, 5.41) is 78.5. The minimum Gasteiger partial charge on any atom is -0.388 e. The van der Waals surface area contributed by atoms with Crippen molar-refractivity contribution in [2.24, 2.45) is 17.2 Å². The van der Waals surface area contributed by atoms with Gasteiger partial charge >= 0.3 is 10.4 Å². The molecule has 0 aromatic heterocycles. The smallest absolute Gasteiger partial charge is 0.388 e. The number of likely N-dealkylation sites (N-methyl/N-ethyl adjacent to an activating group) is 1. The molecule has 15 atom stereocenters. The Morgan fingerprint density at radius 2 is 1.57 bits per heavy atom. The summed E-state index contributed by atoms with van der Waals surface area (Å²) in [5.41, 5.74) is 15.8. The number of hydrogen-bond donors (Lipinski definition) is 14. The number of aliphatic hydroxyl groups excluding tert-OH is 6. The Labute approximate surface area is 252 Å². The molecule has 44 heavy (non-hydrogen) atoms. The fraction of sp³-hybridized carbons (Fsp3) is 0.955. The minimum absolute atomic E-state index is 0.0836. The zero-order chi connectivity index (χ0) is 33.7. The van der Waals surface area contributed by atoms with Crippen LogP contribution in [0.25, 0.3) is 0 Å². The van der Waals surface area contributed by atoms with E-state index in [9.17, 15) is 40.5 Å². The second-order valence-electron chi connectivity index (χ2n) is 10.9. The van der Waals surface area contributed by atoms with Gasteiger partial charge in [0, 0.05) is 19.1 Å². The Kier molecular flexibility index (Phi) is 14.2. The van der Waals surface area contributed by atoms with Crippen LogP contribution in [-0.4, -0.2) is 177 Å². The van der Waals surface area contributed by atoms with Crippen molar-refractivity contribution in [1.82, 2.24) is 10.6 Å². The third-order valence-electron chi connectivity index (χ3n) is 7.50. The van der Waals surface area contributed by atoms with E-state index in [0.717, 1.165) is 0 Å². The molecule has 0 aromatic carbocycles. The predicted octanol–water partition coefficient (Wildman–Crippen LogP) is -8.18. The Bertz CT molecular complexity index is 1020. The summed E-state index contributed by atoms with van der Waals surface area (Å²) in [6, 6.07) is -2.92. The predicted molar refractivity (Wildman–Crippen MR) is 144 cm³/mol. The number of amides is 1. The van der Waals surface area contributed by atoms with Crippen LogP contribution < -0.4 is 27.8 Å². The summed E-state index contributed by atoms with van der Waals surface area (Å²) >= 11 is 0. The van der Waals surface area contributed by atoms with E-state index in [2.05, 4.69) is 10.6 Å². The fourth-order valence-corrected chi connectivity index (χ4v) is 5.22. The lowest BCUT2D eigenvalue weighted by molar-refractivity contribution is -0.330. The first-order valence-electron chi connectivity index (χ1n) is 13.5. The molecule has 0 spiro atoms. The molecule has 1 aliphatic carbocycles. The maximum absolute atomic E-state index is 12.4. The number of hydrogen-bond acceptors (Lipinski definition) is 18. The average molecular weight is 668 g/mol. The monoisotopic (exact) mass is 667 g/mol. The molecule has 3 aliphatic rings. The molecule has 21 nitrogen and oxygen atoms in total. The number of carbonyl (C=O) groups excluding carboxylic acids is 1. The van der Waals surface area contributed by atoms with Gasteiger partial charge in [-0.3, -0.25) is 13.9 Å². The molecular weight excluding hydrogens is 622 g/mol. The Morgan fingerprint density at radius 1 is 1.00 bits per heavy atom. The summed E-state index contributed by atoms with van der Waals surface area (Å²) in [4.78, 5) is 12.4. The number of rotatable bonds is 9. The minimum atomic E-state index is -4.67. The average Bonchev–Trinajstić information content (AvgIpc) is 2.92. The fourth-order valence-electron chi connectivity index (χ4n) is 5.22. The number of carbonyl (C=O) groups is 1. The zero-order valence-electron chi connectivity index (χ0n) is 23.9. The van der Waals surface area contributed by atoms with Gasteiger partial charge in [0.2, 0.25) is 5.91 Å². The van der Waals surface area contributed by atoms with Gasteiger partial charge in [-0.15, -0.1) is 0 Å². The summed E-state index contributed by atoms with van der Waals surface area (Å²) < 4.78 is 54.3. The summed E-state index contributed by atoms with van der Waals surface area (Å²) in [6.07, 6.45) is -16.3. The van der Waals surface area contributed by atoms with E-state index in [0.29, 0.717) is 0 Å². The van der Waals surface area contributed by atoms with Crippen molar-refractivity contribution in [1.29, 1.82) is 0 Å². The SMILES string of the molecule is CN[C@@H]1[C@@H](O)[C@@H](O[C@@H]2[C@@H](O)[C@H](O[C@H]3O[C@H](CN)[C@@H](O)[C@H](O)[C@H]3O)[C@@H](N)C[C@H]2NC(=O)[C@@H](O)CN)OC[C@]1(C)O.O=S(=O)(O)O. The Morgan fingerprint density at radius 3 is 2.09 bits per heavy atom. The van der Waals surface area contributed by atoms with E-state index >= 15 is 0 Å². The molecule has 0 unspecified atom stereocenters. The molecular formula is C22H45N5O16S. The molecule has 17 N–H and O–H groups in total. The van der Waals surface area contributed by atoms with Crippen LogP contribution in [0.2, 0.25) is 0 Å². The highest BCUT2D eigenvalue weighted by atomic mass is 32.3. The van der Waals surface area contributed by atoms with Gasteiger partial charge in [0.25, 0.3) is 0 Å². The topological polar surface area (TPSA) is 372 Å². The van der Waals surface area contributed by atoms with E-state index in [1.165, 1.54) is 14.0 Å². The van der Waals surface area contributed by atoms with Crippen LogP contribution in [0.5, 0.6) is 0 Å². The van der Waals surface area contributed by atoms with Crippen LogP contribution in [0.3, 0.4) is 0 Å². The van der Waals surface area contributed by atoms with Gasteiger partial charge in [0.1, 0.15) is 60.5 Å². The number of nitrogens with one attached hydrogen (secondary N) is 2. The summed E-state index contributed by atoms with van der Waals surface area (Å²) in [5.74, 6) is -0.857. The largest absolute Gasteiger partial charge is 0.394 e. The first-order chi connectivity index (χ1) is 20.3. The quantitative estimate of drug-likeness (QED) is 0.101. The molecule has 260 valence electrons. The second-order valence-corrected chi connectivity index (χ2v) is 11.8. The van der Waals surface area contributed by atoms with Gasteiger partial charge in [-0.2, -0.15) is 8.42 Å². The van der Waals surface area contributed by atoms with Crippen LogP contribution in [0.1, 0.15) is 13.3 Å². The molecule has 1 saturated carbocycles. The van der Waals surface area contributed by atoms with E-state index in [-0.39, 0.29) is 26.1 Å². The molecule has 1 amide bonds. The second kappa shape index (κ2) is 16.0. The van der Waals surface area contributed by atoms with Crippen LogP contribution >= 0.6 is 0 Å². The molecule has 2 heterocycles. The van der Waals surface area contributed by atoms with Gasteiger partial charge in [0.05, 0.1) is 18.7 Å². The third kappa shape index (κ3) is 9.87. The number of nitrogens with two attached hydrogens (primary N) is 3. The maximum Gasteiger partial charge on any atom is 0.394 e. The standard InChI is InChI=1S/C22H43N5O12.H2O4S/c1-22(35)6-36-20(15(33)18(22)26-2)39-17-8(27-19(34)9(28)4-23)3-7(25)16(14(17)32)38-21-13(31)12(30)11(29)10(5-24)37-21;1-5(2,3)4/h7-18,20-21,26,28-33,35H,3-6,23-25H2,1-2H3,(H,27,34);(H2,1,2,3,4)/t7-,8+,9-,10+,11+,12-,13+,14-,15+,16+,17-,18+,20+,21+,22-;/m0./s1. The molecule has 0 radical (unpaired) electrons. The van der Waals surface area contributed by atoms with Crippen molar-refractivity contribution in [2.45, 2.75) is 105 Å². The van der Waals surface area contributed by atoms with Crippen LogP contribution in [0.4, 0.5) is 0 Å². The molecule has 3 fully saturated rings. The Hall–Kier alpha value is -1.26. The van der Waals surface area contributed by atoms with Crippen molar-refractivity contribution in [2.75, 3.05) is 26.7 Å². The normalized spacial score (nSPS) is 43.8. The highest BCUT2D eigenvalue weighted by molar-refractivity contribution is 7.79. The van der Waals surface area contributed by atoms with Crippen molar-refractivity contribution in [3.05, 3.63) is 0 Å². The third-order valence-corrected chi connectivity index (χ3v) is 7.50. The van der Waals surface area contributed by atoms with Crippen molar-refractivity contribution < 1.29 is 77.0 Å². The van der Waals surface area contributed by atoms with E-state index in [4.69, 9.17) is 53.7 Å². The van der Waals surface area contributed by atoms with Crippen LogP contribution in [0, 0.1) is 0 Å². The zero-order valence-corrected chi connectivity index (χ0v) is 24.8. The van der Waals surface area contributed by atoms with E-state index in [1.807, 2.05) is 0 Å². The van der Waals surface area contributed by atoms with Crippen molar-refractivity contribution in [3.8, 4) is 0 Å². The maximum atomic E-state index is 12.4. The van der Waals surface area contributed by atoms with E-state index < -0.39 is 108 Å². The lowest BCUT2D eigenvalue weighted by Crippen LogP contribution is -2.70. The molecule has 2 saturated heterocycles. The van der Waals surface area contributed by atoms with Crippen molar-refractivity contribution in [3.63, 3.8) is 0 Å². The van der Waals surface area contributed by atoms with E-state index in [1.54, 1.807) is 0 Å². The highest BCUT2D eigenvalue weighted by Crippen LogP contribution is 2.32. The Balaban J connectivity index is 0.00000125. The lowest BCUT2D eigenvalue weighted by atomic mass is 9.83. The lowest BCUT2D eigenvalue weighted by Gasteiger charge is -2.49. The molecule has 0 bridgehead atoms. The summed E-state index contributed by atoms with van der Waals surface area (Å²) in [7, 11) is -3.14. The van der Waals surface area contributed by atoms with Crippen molar-refractivity contribution >= 4 is 16.3 Å². The van der Waals surface area contributed by atoms with Gasteiger partial charge in [-0.1, -0.05) is 0 Å². The van der Waals surface area contributed by atoms with Crippen LogP contribution in [-0.2, 0) is 34.1 Å². The van der Waals surface area contributed by atoms with Crippen LogP contribution in [0.15, 0.2) is 0 Å². The summed E-state index contributed by atoms with van der Waals surface area (Å²) in [6.45, 7) is 0.634. The first-order valence-corrected chi connectivity index (χ1v) is 14.9. The highest BCUT2D eigenvalue weighted by Gasteiger charge is 2.53. The molecule has 3 rings (SSSR count). The van der Waals surface area contributed by atoms with Gasteiger partial charge in [-0.25, -0.2) is 0 Å². The number of ether oxygens (including phenoxy) is 4. The van der Waals surface area contributed by atoms with Gasteiger partial charge in [0.15, 0.2) is 12.6 Å². The molecule has 22 heteroatoms. The molecule has 0 aromatic rings. The molecule has 2 aliphatic heterocycles.